The molecule has 0 radical (unpaired) electrons. The van der Waals surface area contributed by atoms with Gasteiger partial charge in [-0.25, -0.2) is 0 Å². The largest absolute Gasteiger partial charge is 0.492 e. The van der Waals surface area contributed by atoms with E-state index in [1.807, 2.05) is 6.07 Å². The quantitative estimate of drug-likeness (QED) is 0.787. The molecule has 2 N–H and O–H groups in total. The van der Waals surface area contributed by atoms with Crippen molar-refractivity contribution in [2.45, 2.75) is 18.8 Å². The molecule has 0 bridgehead atoms. The van der Waals surface area contributed by atoms with Gasteiger partial charge in [-0.1, -0.05) is 0 Å². The molecule has 0 fully saturated rings. The topological polar surface area (TPSA) is 35.2 Å². The summed E-state index contributed by atoms with van der Waals surface area (Å²) in [6.07, 6.45) is 2.30. The summed E-state index contributed by atoms with van der Waals surface area (Å²) in [7, 11) is 0. The summed E-state index contributed by atoms with van der Waals surface area (Å²) in [6, 6.07) is 2.05. The van der Waals surface area contributed by atoms with E-state index in [0.717, 1.165) is 25.3 Å². The fraction of sp³-hybridized carbons (Fsp3) is 0.556. The summed E-state index contributed by atoms with van der Waals surface area (Å²) in [5.41, 5.74) is 5.70. The molecule has 0 aromatic carbocycles. The predicted octanol–water partition coefficient (Wildman–Crippen LogP) is 2.38. The second kappa shape index (κ2) is 4.84. The Morgan fingerprint density at radius 3 is 3.23 bits per heavy atom. The van der Waals surface area contributed by atoms with Gasteiger partial charge in [0.15, 0.2) is 0 Å². The molecule has 0 amide bonds. The third-order valence-electron chi connectivity index (χ3n) is 2.27. The van der Waals surface area contributed by atoms with Crippen LogP contribution in [-0.4, -0.2) is 13.2 Å². The second-order valence-corrected chi connectivity index (χ2v) is 4.02. The van der Waals surface area contributed by atoms with Gasteiger partial charge in [0.25, 0.3) is 0 Å². The first-order valence-corrected chi connectivity index (χ1v) is 5.20. The molecular formula is C9H14ClNOS. The van der Waals surface area contributed by atoms with E-state index in [2.05, 4.69) is 5.38 Å². The van der Waals surface area contributed by atoms with E-state index in [9.17, 15) is 0 Å². The summed E-state index contributed by atoms with van der Waals surface area (Å²) in [4.78, 5) is 1.34. The van der Waals surface area contributed by atoms with Crippen molar-refractivity contribution in [1.29, 1.82) is 0 Å². The van der Waals surface area contributed by atoms with Crippen LogP contribution in [0.25, 0.3) is 0 Å². The highest BCUT2D eigenvalue weighted by molar-refractivity contribution is 7.10. The van der Waals surface area contributed by atoms with Gasteiger partial charge < -0.3 is 10.5 Å². The molecule has 13 heavy (non-hydrogen) atoms. The lowest BCUT2D eigenvalue weighted by Crippen LogP contribution is -2.10. The first-order valence-electron chi connectivity index (χ1n) is 4.32. The number of ether oxygens (including phenoxy) is 1. The molecule has 2 rings (SSSR count). The average Bonchev–Trinajstić information content (AvgIpc) is 2.46. The van der Waals surface area contributed by atoms with Gasteiger partial charge in [0.2, 0.25) is 0 Å². The Morgan fingerprint density at radius 1 is 1.62 bits per heavy atom. The summed E-state index contributed by atoms with van der Waals surface area (Å²) < 4.78 is 5.58. The highest BCUT2D eigenvalue weighted by Gasteiger charge is 2.19. The van der Waals surface area contributed by atoms with Crippen LogP contribution in [0.15, 0.2) is 11.4 Å². The zero-order chi connectivity index (χ0) is 8.39. The Morgan fingerprint density at radius 2 is 2.46 bits per heavy atom. The lowest BCUT2D eigenvalue weighted by molar-refractivity contribution is 0.317. The average molecular weight is 220 g/mol. The Kier molecular flexibility index (Phi) is 4.03. The minimum atomic E-state index is 0. The zero-order valence-corrected chi connectivity index (χ0v) is 9.00. The lowest BCUT2D eigenvalue weighted by atomic mass is 10.0. The van der Waals surface area contributed by atoms with E-state index in [-0.39, 0.29) is 12.4 Å². The Bertz CT molecular complexity index is 264. The van der Waals surface area contributed by atoms with Crippen LogP contribution in [0.3, 0.4) is 0 Å². The first-order chi connectivity index (χ1) is 5.92. The number of nitrogens with two attached hydrogens (primary N) is 1. The van der Waals surface area contributed by atoms with Crippen molar-refractivity contribution in [1.82, 2.24) is 0 Å². The van der Waals surface area contributed by atoms with E-state index >= 15 is 0 Å². The number of thiophene rings is 1. The van der Waals surface area contributed by atoms with Gasteiger partial charge in [0.1, 0.15) is 5.75 Å². The van der Waals surface area contributed by atoms with Crippen LogP contribution in [0.5, 0.6) is 5.75 Å². The SMILES string of the molecule is Cl.NCC1CCCOc2ccsc21. The summed E-state index contributed by atoms with van der Waals surface area (Å²) in [6.45, 7) is 1.59. The van der Waals surface area contributed by atoms with Gasteiger partial charge in [-0.05, 0) is 24.3 Å². The fourth-order valence-electron chi connectivity index (χ4n) is 1.59. The molecule has 1 atom stereocenters. The Balaban J connectivity index is 0.000000845. The van der Waals surface area contributed by atoms with Crippen molar-refractivity contribution in [3.8, 4) is 5.75 Å². The van der Waals surface area contributed by atoms with Crippen molar-refractivity contribution < 1.29 is 4.74 Å². The molecule has 74 valence electrons. The minimum Gasteiger partial charge on any atom is -0.492 e. The van der Waals surface area contributed by atoms with Gasteiger partial charge in [-0.3, -0.25) is 0 Å². The molecule has 0 saturated carbocycles. The maximum absolute atomic E-state index is 5.70. The normalized spacial score (nSPS) is 20.8. The molecule has 2 nitrogen and oxygen atoms in total. The van der Waals surface area contributed by atoms with Gasteiger partial charge in [-0.15, -0.1) is 23.7 Å². The van der Waals surface area contributed by atoms with Gasteiger partial charge >= 0.3 is 0 Å². The highest BCUT2D eigenvalue weighted by atomic mass is 35.5. The fourth-order valence-corrected chi connectivity index (χ4v) is 2.58. The number of hydrogen-bond acceptors (Lipinski definition) is 3. The number of halogens is 1. The van der Waals surface area contributed by atoms with Crippen LogP contribution < -0.4 is 10.5 Å². The van der Waals surface area contributed by atoms with Crippen molar-refractivity contribution in [3.63, 3.8) is 0 Å². The minimum absolute atomic E-state index is 0. The van der Waals surface area contributed by atoms with Crippen LogP contribution in [-0.2, 0) is 0 Å². The van der Waals surface area contributed by atoms with Gasteiger partial charge in [0.05, 0.1) is 11.5 Å². The summed E-state index contributed by atoms with van der Waals surface area (Å²) in [5.74, 6) is 1.59. The molecular weight excluding hydrogens is 206 g/mol. The predicted molar refractivity (Wildman–Crippen MR) is 58.1 cm³/mol. The Labute approximate surface area is 88.5 Å². The molecule has 1 unspecified atom stereocenters. The lowest BCUT2D eigenvalue weighted by Gasteiger charge is -2.09. The first kappa shape index (κ1) is 10.8. The van der Waals surface area contributed by atoms with Crippen molar-refractivity contribution in [2.24, 2.45) is 5.73 Å². The molecule has 2 heterocycles. The van der Waals surface area contributed by atoms with Crippen LogP contribution in [0, 0.1) is 0 Å². The number of fused-ring (bicyclic) bond motifs is 1. The highest BCUT2D eigenvalue weighted by Crippen LogP contribution is 2.36. The molecule has 1 aliphatic heterocycles. The Hall–Kier alpha value is -0.250. The molecule has 1 aliphatic rings. The van der Waals surface area contributed by atoms with Gasteiger partial charge in [0, 0.05) is 12.5 Å². The van der Waals surface area contributed by atoms with Crippen LogP contribution >= 0.6 is 23.7 Å². The molecule has 0 aliphatic carbocycles. The molecule has 4 heteroatoms. The molecule has 1 aromatic rings. The van der Waals surface area contributed by atoms with Gasteiger partial charge in [-0.2, -0.15) is 0 Å². The molecule has 0 spiro atoms. The second-order valence-electron chi connectivity index (χ2n) is 3.07. The van der Waals surface area contributed by atoms with Crippen LogP contribution in [0.1, 0.15) is 23.6 Å². The maximum Gasteiger partial charge on any atom is 0.133 e. The third-order valence-corrected chi connectivity index (χ3v) is 3.33. The smallest absolute Gasteiger partial charge is 0.133 e. The molecule has 1 aromatic heterocycles. The van der Waals surface area contributed by atoms with Crippen molar-refractivity contribution >= 4 is 23.7 Å². The standard InChI is InChI=1S/C9H13NOS.ClH/c10-6-7-2-1-4-11-8-3-5-12-9(7)8;/h3,5,7H,1-2,4,6,10H2;1H. The van der Waals surface area contributed by atoms with Crippen LogP contribution in [0.2, 0.25) is 0 Å². The monoisotopic (exact) mass is 219 g/mol. The van der Waals surface area contributed by atoms with Crippen LogP contribution in [0.4, 0.5) is 0 Å². The van der Waals surface area contributed by atoms with E-state index in [0.29, 0.717) is 5.92 Å². The molecule has 0 saturated heterocycles. The van der Waals surface area contributed by atoms with E-state index in [1.165, 1.54) is 11.3 Å². The number of rotatable bonds is 1. The third kappa shape index (κ3) is 2.16. The number of hydrogen-bond donors (Lipinski definition) is 1. The maximum atomic E-state index is 5.70. The summed E-state index contributed by atoms with van der Waals surface area (Å²) in [5, 5.41) is 2.08. The summed E-state index contributed by atoms with van der Waals surface area (Å²) >= 11 is 1.77. The van der Waals surface area contributed by atoms with E-state index in [4.69, 9.17) is 10.5 Å². The van der Waals surface area contributed by atoms with Crippen molar-refractivity contribution in [3.05, 3.63) is 16.3 Å². The van der Waals surface area contributed by atoms with E-state index in [1.54, 1.807) is 11.3 Å². The zero-order valence-electron chi connectivity index (χ0n) is 7.36. The van der Waals surface area contributed by atoms with E-state index < -0.39 is 0 Å². The van der Waals surface area contributed by atoms with Crippen molar-refractivity contribution in [2.75, 3.05) is 13.2 Å².